The van der Waals surface area contributed by atoms with Crippen molar-refractivity contribution in [1.29, 1.82) is 0 Å². The molecular weight excluding hydrogens is 276 g/mol. The van der Waals surface area contributed by atoms with Gasteiger partial charge in [-0.1, -0.05) is 89.6 Å². The van der Waals surface area contributed by atoms with Crippen LogP contribution in [0, 0.1) is 0 Å². The van der Waals surface area contributed by atoms with Crippen LogP contribution in [-0.4, -0.2) is 0 Å². The Kier molecular flexibility index (Phi) is 6.22. The minimum absolute atomic E-state index is 0.160. The van der Waals surface area contributed by atoms with Crippen LogP contribution in [0.4, 0.5) is 0 Å². The molecule has 0 spiro atoms. The van der Waals surface area contributed by atoms with Crippen LogP contribution in [-0.2, 0) is 10.8 Å². The normalized spacial score (nSPS) is 14.7. The maximum atomic E-state index is 2.37. The second kappa shape index (κ2) is 7.34. The fraction of sp³-hybridized carbons (Fsp3) is 0.478. The van der Waals surface area contributed by atoms with Crippen molar-refractivity contribution in [3.05, 3.63) is 64.8 Å². The molecule has 0 fully saturated rings. The summed E-state index contributed by atoms with van der Waals surface area (Å²) >= 11 is 0. The van der Waals surface area contributed by atoms with Gasteiger partial charge in [-0.2, -0.15) is 0 Å². The highest BCUT2D eigenvalue weighted by molar-refractivity contribution is 5.67. The van der Waals surface area contributed by atoms with E-state index in [2.05, 4.69) is 105 Å². The largest absolute Gasteiger partial charge is 0.0847 e. The van der Waals surface area contributed by atoms with Gasteiger partial charge in [-0.15, -0.1) is 0 Å². The summed E-state index contributed by atoms with van der Waals surface area (Å²) in [5.74, 6) is 0. The maximum Gasteiger partial charge on any atom is -0.0132 e. The Morgan fingerprint density at radius 2 is 1.30 bits per heavy atom. The first-order chi connectivity index (χ1) is 10.4. The van der Waals surface area contributed by atoms with Gasteiger partial charge in [0, 0.05) is 0 Å². The maximum absolute atomic E-state index is 2.37. The predicted molar refractivity (Wildman–Crippen MR) is 106 cm³/mol. The van der Waals surface area contributed by atoms with Crippen LogP contribution in [0.3, 0.4) is 0 Å². The van der Waals surface area contributed by atoms with Crippen molar-refractivity contribution in [2.24, 2.45) is 0 Å². The van der Waals surface area contributed by atoms with Gasteiger partial charge in [0.05, 0.1) is 0 Å². The Morgan fingerprint density at radius 3 is 1.70 bits per heavy atom. The second-order valence-corrected chi connectivity index (χ2v) is 8.54. The van der Waals surface area contributed by atoms with Crippen molar-refractivity contribution in [2.45, 2.75) is 73.1 Å². The highest BCUT2D eigenvalue weighted by Gasteiger charge is 2.20. The molecule has 0 amide bonds. The van der Waals surface area contributed by atoms with Gasteiger partial charge in [-0.3, -0.25) is 0 Å². The van der Waals surface area contributed by atoms with E-state index in [1.165, 1.54) is 27.8 Å². The van der Waals surface area contributed by atoms with E-state index in [9.17, 15) is 0 Å². The molecule has 0 aliphatic carbocycles. The van der Waals surface area contributed by atoms with Crippen molar-refractivity contribution >= 4 is 5.57 Å². The fourth-order valence-corrected chi connectivity index (χ4v) is 2.26. The molecule has 0 atom stereocenters. The first kappa shape index (κ1) is 19.5. The average Bonchev–Trinajstić information content (AvgIpc) is 2.44. The smallest absolute Gasteiger partial charge is 0.0132 e. The number of hydrogen-bond acceptors (Lipinski definition) is 0. The molecule has 0 bridgehead atoms. The van der Waals surface area contributed by atoms with E-state index in [1.807, 2.05) is 0 Å². The Balaban J connectivity index is 3.35. The van der Waals surface area contributed by atoms with Gasteiger partial charge >= 0.3 is 0 Å². The van der Waals surface area contributed by atoms with E-state index < -0.39 is 0 Å². The Bertz CT molecular complexity index is 591. The summed E-state index contributed by atoms with van der Waals surface area (Å²) in [4.78, 5) is 0. The van der Waals surface area contributed by atoms with Gasteiger partial charge in [0.2, 0.25) is 0 Å². The first-order valence-electron chi connectivity index (χ1n) is 8.59. The van der Waals surface area contributed by atoms with Gasteiger partial charge in [0.15, 0.2) is 0 Å². The van der Waals surface area contributed by atoms with E-state index in [1.54, 1.807) is 0 Å². The standard InChI is InChI=1S/C23H34/c1-10-17(2)12-11-13-18(3)19-14-20(22(4,5)6)16-21(15-19)23(7,8)9/h10-16H,1-9H3/b12-11+,17-10+,18-13-. The molecule has 126 valence electrons. The van der Waals surface area contributed by atoms with Crippen molar-refractivity contribution in [3.8, 4) is 0 Å². The molecule has 1 aromatic carbocycles. The van der Waals surface area contributed by atoms with Crippen LogP contribution >= 0.6 is 0 Å². The molecule has 1 rings (SSSR count). The third-order valence-electron chi connectivity index (χ3n) is 4.28. The summed E-state index contributed by atoms with van der Waals surface area (Å²) in [6.07, 6.45) is 8.63. The average molecular weight is 311 g/mol. The van der Waals surface area contributed by atoms with Crippen molar-refractivity contribution < 1.29 is 0 Å². The van der Waals surface area contributed by atoms with E-state index in [4.69, 9.17) is 0 Å². The molecule has 0 nitrogen and oxygen atoms in total. The zero-order valence-electron chi connectivity index (χ0n) is 16.5. The highest BCUT2D eigenvalue weighted by Crippen LogP contribution is 2.32. The molecule has 0 radical (unpaired) electrons. The van der Waals surface area contributed by atoms with Crippen molar-refractivity contribution in [3.63, 3.8) is 0 Å². The lowest BCUT2D eigenvalue weighted by Gasteiger charge is -2.26. The van der Waals surface area contributed by atoms with Crippen LogP contribution in [0.5, 0.6) is 0 Å². The van der Waals surface area contributed by atoms with E-state index in [-0.39, 0.29) is 10.8 Å². The highest BCUT2D eigenvalue weighted by atomic mass is 14.2. The number of benzene rings is 1. The van der Waals surface area contributed by atoms with E-state index in [0.29, 0.717) is 0 Å². The molecule has 0 saturated heterocycles. The number of hydrogen-bond donors (Lipinski definition) is 0. The quantitative estimate of drug-likeness (QED) is 0.517. The Morgan fingerprint density at radius 1 is 0.826 bits per heavy atom. The molecule has 0 saturated carbocycles. The zero-order chi connectivity index (χ0) is 17.8. The van der Waals surface area contributed by atoms with Crippen LogP contribution in [0.25, 0.3) is 5.57 Å². The predicted octanol–water partition coefficient (Wildman–Crippen LogP) is 7.21. The number of rotatable bonds is 3. The molecule has 23 heavy (non-hydrogen) atoms. The summed E-state index contributed by atoms with van der Waals surface area (Å²) < 4.78 is 0. The lowest BCUT2D eigenvalue weighted by Crippen LogP contribution is -2.16. The van der Waals surface area contributed by atoms with E-state index >= 15 is 0 Å². The topological polar surface area (TPSA) is 0 Å². The van der Waals surface area contributed by atoms with Gasteiger partial charge < -0.3 is 0 Å². The summed E-state index contributed by atoms with van der Waals surface area (Å²) in [5.41, 5.74) is 7.05. The van der Waals surface area contributed by atoms with Crippen LogP contribution in [0.15, 0.2) is 48.1 Å². The molecule has 0 unspecified atom stereocenters. The lowest BCUT2D eigenvalue weighted by atomic mass is 9.79. The minimum Gasteiger partial charge on any atom is -0.0847 e. The van der Waals surface area contributed by atoms with Crippen LogP contribution in [0.1, 0.15) is 79.0 Å². The molecule has 0 heterocycles. The van der Waals surface area contributed by atoms with Gasteiger partial charge in [-0.05, 0) is 53.9 Å². The Hall–Kier alpha value is -1.56. The van der Waals surface area contributed by atoms with Crippen molar-refractivity contribution in [2.75, 3.05) is 0 Å². The summed E-state index contributed by atoms with van der Waals surface area (Å²) in [7, 11) is 0. The molecule has 0 N–H and O–H groups in total. The molecule has 0 aliphatic heterocycles. The summed E-state index contributed by atoms with van der Waals surface area (Å²) in [5, 5.41) is 0. The lowest BCUT2D eigenvalue weighted by molar-refractivity contribution is 0.568. The van der Waals surface area contributed by atoms with Gasteiger partial charge in [0.25, 0.3) is 0 Å². The summed E-state index contributed by atoms with van der Waals surface area (Å²) in [6.45, 7) is 20.1. The zero-order valence-corrected chi connectivity index (χ0v) is 16.5. The monoisotopic (exact) mass is 310 g/mol. The molecule has 0 aliphatic rings. The fourth-order valence-electron chi connectivity index (χ4n) is 2.26. The SMILES string of the molecule is C/C=C(C)/C=C/C=C(/C)c1cc(C(C)(C)C)cc(C(C)(C)C)c1. The minimum atomic E-state index is 0.160. The van der Waals surface area contributed by atoms with Crippen LogP contribution in [0.2, 0.25) is 0 Å². The van der Waals surface area contributed by atoms with Crippen molar-refractivity contribution in [1.82, 2.24) is 0 Å². The molecule has 1 aromatic rings. The molecular formula is C23H34. The third kappa shape index (κ3) is 5.86. The number of allylic oxidation sites excluding steroid dienone is 6. The molecule has 0 heteroatoms. The van der Waals surface area contributed by atoms with Crippen LogP contribution < -0.4 is 0 Å². The van der Waals surface area contributed by atoms with Gasteiger partial charge in [0.1, 0.15) is 0 Å². The second-order valence-electron chi connectivity index (χ2n) is 8.54. The Labute approximate surface area is 144 Å². The summed E-state index contributed by atoms with van der Waals surface area (Å²) in [6, 6.07) is 7.06. The first-order valence-corrected chi connectivity index (χ1v) is 8.59. The van der Waals surface area contributed by atoms with E-state index in [0.717, 1.165) is 0 Å². The third-order valence-corrected chi connectivity index (χ3v) is 4.28. The molecule has 0 aromatic heterocycles. The van der Waals surface area contributed by atoms with Gasteiger partial charge in [-0.25, -0.2) is 0 Å².